The second-order valence-electron chi connectivity index (χ2n) is 6.46. The van der Waals surface area contributed by atoms with E-state index in [2.05, 4.69) is 14.6 Å². The summed E-state index contributed by atoms with van der Waals surface area (Å²) in [5.41, 5.74) is 0.848. The molecule has 1 fully saturated rings. The molecule has 2 heterocycles. The second kappa shape index (κ2) is 10.5. The zero-order valence-corrected chi connectivity index (χ0v) is 17.4. The average molecular weight is 422 g/mol. The number of nitrogens with zero attached hydrogens (tertiary/aromatic N) is 2. The van der Waals surface area contributed by atoms with Crippen molar-refractivity contribution in [1.82, 2.24) is 9.71 Å². The van der Waals surface area contributed by atoms with Crippen LogP contribution in [-0.2, 0) is 26.0 Å². The van der Waals surface area contributed by atoms with Crippen LogP contribution >= 0.6 is 0 Å². The Morgan fingerprint density at radius 2 is 1.90 bits per heavy atom. The summed E-state index contributed by atoms with van der Waals surface area (Å²) in [6, 6.07) is 10.1. The van der Waals surface area contributed by atoms with Gasteiger partial charge in [0.1, 0.15) is 18.2 Å². The first-order valence-electron chi connectivity index (χ1n) is 9.66. The van der Waals surface area contributed by atoms with Crippen molar-refractivity contribution < 1.29 is 22.6 Å². The molecule has 0 amide bonds. The van der Waals surface area contributed by atoms with Gasteiger partial charge in [-0.25, -0.2) is 18.1 Å². The van der Waals surface area contributed by atoms with Crippen molar-refractivity contribution >= 4 is 15.8 Å². The Morgan fingerprint density at radius 3 is 2.62 bits per heavy atom. The highest BCUT2D eigenvalue weighted by Gasteiger charge is 2.16. The molecule has 1 N–H and O–H groups in total. The first-order chi connectivity index (χ1) is 14.1. The van der Waals surface area contributed by atoms with Gasteiger partial charge in [-0.1, -0.05) is 0 Å². The molecule has 0 saturated carbocycles. The Kier molecular flexibility index (Phi) is 7.82. The number of aromatic nitrogens is 1. The summed E-state index contributed by atoms with van der Waals surface area (Å²) in [5.74, 6) is 1.44. The van der Waals surface area contributed by atoms with Crippen LogP contribution in [0.15, 0.2) is 47.5 Å². The van der Waals surface area contributed by atoms with Crippen LogP contribution in [0.1, 0.15) is 12.5 Å². The molecule has 29 heavy (non-hydrogen) atoms. The Balaban J connectivity index is 1.57. The number of hydrogen-bond donors (Lipinski definition) is 1. The molecule has 9 heteroatoms. The average Bonchev–Trinajstić information content (AvgIpc) is 2.77. The lowest BCUT2D eigenvalue weighted by atomic mass is 10.2. The molecule has 1 aliphatic heterocycles. The number of nitrogens with one attached hydrogen (secondary N) is 1. The van der Waals surface area contributed by atoms with Crippen LogP contribution < -0.4 is 14.4 Å². The summed E-state index contributed by atoms with van der Waals surface area (Å²) >= 11 is 0. The predicted octanol–water partition coefficient (Wildman–Crippen LogP) is 1.81. The molecular formula is C20H27N3O5S. The lowest BCUT2D eigenvalue weighted by molar-refractivity contribution is 0.110. The van der Waals surface area contributed by atoms with Crippen LogP contribution in [0.3, 0.4) is 0 Å². The summed E-state index contributed by atoms with van der Waals surface area (Å²) in [4.78, 5) is 6.70. The number of ether oxygens (including phenoxy) is 3. The lowest BCUT2D eigenvalue weighted by Crippen LogP contribution is -2.36. The number of anilines is 1. The van der Waals surface area contributed by atoms with E-state index >= 15 is 0 Å². The minimum absolute atomic E-state index is 0.189. The molecule has 1 aromatic heterocycles. The third kappa shape index (κ3) is 6.40. The third-order valence-electron chi connectivity index (χ3n) is 4.45. The van der Waals surface area contributed by atoms with Crippen LogP contribution in [0.25, 0.3) is 0 Å². The first-order valence-corrected chi connectivity index (χ1v) is 11.1. The van der Waals surface area contributed by atoms with Crippen molar-refractivity contribution in [3.63, 3.8) is 0 Å². The Labute approximate surface area is 171 Å². The van der Waals surface area contributed by atoms with Gasteiger partial charge in [-0.05, 0) is 48.9 Å². The Bertz CT molecular complexity index is 868. The summed E-state index contributed by atoms with van der Waals surface area (Å²) in [6.45, 7) is 6.56. The number of sulfonamides is 1. The first kappa shape index (κ1) is 21.5. The monoisotopic (exact) mass is 421 g/mol. The quantitative estimate of drug-likeness (QED) is 0.585. The smallest absolute Gasteiger partial charge is 0.240 e. The van der Waals surface area contributed by atoms with E-state index in [0.717, 1.165) is 24.5 Å². The molecule has 0 bridgehead atoms. The number of pyridine rings is 1. The van der Waals surface area contributed by atoms with Crippen molar-refractivity contribution in [3.8, 4) is 5.75 Å². The van der Waals surface area contributed by atoms with Gasteiger partial charge >= 0.3 is 0 Å². The molecule has 0 aliphatic carbocycles. The number of rotatable bonds is 10. The van der Waals surface area contributed by atoms with Crippen molar-refractivity contribution in [2.45, 2.75) is 18.4 Å². The minimum Gasteiger partial charge on any atom is -0.491 e. The Hall–Kier alpha value is -2.20. The predicted molar refractivity (Wildman–Crippen MR) is 110 cm³/mol. The van der Waals surface area contributed by atoms with Gasteiger partial charge in [0.2, 0.25) is 10.0 Å². The molecule has 0 radical (unpaired) electrons. The summed E-state index contributed by atoms with van der Waals surface area (Å²) in [5, 5.41) is 0. The molecule has 1 saturated heterocycles. The fraction of sp³-hybridized carbons (Fsp3) is 0.450. The van der Waals surface area contributed by atoms with E-state index in [4.69, 9.17) is 14.2 Å². The highest BCUT2D eigenvalue weighted by molar-refractivity contribution is 7.89. The molecule has 0 spiro atoms. The Morgan fingerprint density at radius 1 is 1.14 bits per heavy atom. The highest BCUT2D eigenvalue weighted by Crippen LogP contribution is 2.18. The van der Waals surface area contributed by atoms with E-state index in [1.807, 2.05) is 19.1 Å². The zero-order valence-electron chi connectivity index (χ0n) is 16.5. The highest BCUT2D eigenvalue weighted by atomic mass is 32.2. The SMILES string of the molecule is CCOCCOc1ccc(S(=O)(=O)NCc2ccnc(N3CCOCC3)c2)cc1. The lowest BCUT2D eigenvalue weighted by Gasteiger charge is -2.28. The normalized spacial score (nSPS) is 14.7. The maximum atomic E-state index is 12.6. The van der Waals surface area contributed by atoms with Crippen molar-refractivity contribution in [3.05, 3.63) is 48.2 Å². The van der Waals surface area contributed by atoms with Crippen molar-refractivity contribution in [2.24, 2.45) is 0 Å². The fourth-order valence-electron chi connectivity index (χ4n) is 2.88. The van der Waals surface area contributed by atoms with Gasteiger partial charge in [0, 0.05) is 32.4 Å². The van der Waals surface area contributed by atoms with E-state index in [9.17, 15) is 8.42 Å². The van der Waals surface area contributed by atoms with Gasteiger partial charge in [-0.3, -0.25) is 0 Å². The molecule has 0 atom stereocenters. The zero-order chi connectivity index (χ0) is 20.5. The molecule has 158 valence electrons. The third-order valence-corrected chi connectivity index (χ3v) is 5.86. The molecular weight excluding hydrogens is 394 g/mol. The van der Waals surface area contributed by atoms with E-state index in [1.54, 1.807) is 18.3 Å². The fourth-order valence-corrected chi connectivity index (χ4v) is 3.89. The van der Waals surface area contributed by atoms with Crippen molar-refractivity contribution in [1.29, 1.82) is 0 Å². The van der Waals surface area contributed by atoms with E-state index in [1.165, 1.54) is 12.1 Å². The summed E-state index contributed by atoms with van der Waals surface area (Å²) < 4.78 is 43.9. The van der Waals surface area contributed by atoms with Crippen LogP contribution in [0.5, 0.6) is 5.75 Å². The maximum absolute atomic E-state index is 12.6. The number of morpholine rings is 1. The van der Waals surface area contributed by atoms with Crippen LogP contribution in [0, 0.1) is 0 Å². The summed E-state index contributed by atoms with van der Waals surface area (Å²) in [7, 11) is -3.63. The van der Waals surface area contributed by atoms with Gasteiger partial charge in [-0.2, -0.15) is 0 Å². The number of benzene rings is 1. The van der Waals surface area contributed by atoms with Crippen LogP contribution in [0.4, 0.5) is 5.82 Å². The van der Waals surface area contributed by atoms with Crippen LogP contribution in [-0.4, -0.2) is 59.5 Å². The topological polar surface area (TPSA) is 90.0 Å². The largest absolute Gasteiger partial charge is 0.491 e. The molecule has 0 unspecified atom stereocenters. The molecule has 1 aromatic carbocycles. The second-order valence-corrected chi connectivity index (χ2v) is 8.23. The van der Waals surface area contributed by atoms with Gasteiger partial charge in [0.25, 0.3) is 0 Å². The molecule has 3 rings (SSSR count). The summed E-state index contributed by atoms with van der Waals surface area (Å²) in [6.07, 6.45) is 1.70. The van der Waals surface area contributed by atoms with Gasteiger partial charge in [0.15, 0.2) is 0 Å². The molecule has 2 aromatic rings. The molecule has 8 nitrogen and oxygen atoms in total. The van der Waals surface area contributed by atoms with E-state index in [0.29, 0.717) is 38.8 Å². The van der Waals surface area contributed by atoms with Crippen molar-refractivity contribution in [2.75, 3.05) is 51.0 Å². The standard InChI is InChI=1S/C20H27N3O5S/c1-2-26-13-14-28-18-3-5-19(6-4-18)29(24,25)22-16-17-7-8-21-20(15-17)23-9-11-27-12-10-23/h3-8,15,22H,2,9-14,16H2,1H3. The number of hydrogen-bond acceptors (Lipinski definition) is 7. The van der Waals surface area contributed by atoms with Crippen LogP contribution in [0.2, 0.25) is 0 Å². The van der Waals surface area contributed by atoms with Gasteiger partial charge in [0.05, 0.1) is 24.7 Å². The van der Waals surface area contributed by atoms with E-state index < -0.39 is 10.0 Å². The van der Waals surface area contributed by atoms with Gasteiger partial charge < -0.3 is 19.1 Å². The van der Waals surface area contributed by atoms with E-state index in [-0.39, 0.29) is 11.4 Å². The minimum atomic E-state index is -3.63. The van der Waals surface area contributed by atoms with Gasteiger partial charge in [-0.15, -0.1) is 0 Å². The maximum Gasteiger partial charge on any atom is 0.240 e. The molecule has 1 aliphatic rings.